The smallest absolute Gasteiger partial charge is 0.425 e. The van der Waals surface area contributed by atoms with E-state index in [4.69, 9.17) is 0 Å². The lowest BCUT2D eigenvalue weighted by atomic mass is 10.1. The van der Waals surface area contributed by atoms with E-state index in [1.807, 2.05) is 0 Å². The minimum atomic E-state index is -0.598. The van der Waals surface area contributed by atoms with Crippen LogP contribution in [0.25, 0.3) is 5.70 Å². The van der Waals surface area contributed by atoms with Gasteiger partial charge >= 0.3 is 6.09 Å². The second-order valence-corrected chi connectivity index (χ2v) is 2.97. The van der Waals surface area contributed by atoms with Gasteiger partial charge in [-0.25, -0.2) is 10.2 Å². The number of ether oxygens (including phenoxy) is 1. The van der Waals surface area contributed by atoms with E-state index < -0.39 is 6.09 Å². The zero-order valence-electron chi connectivity index (χ0n) is 8.99. The lowest BCUT2D eigenvalue weighted by Gasteiger charge is -2.11. The van der Waals surface area contributed by atoms with Crippen LogP contribution in [-0.2, 0) is 4.74 Å². The van der Waals surface area contributed by atoms with Crippen molar-refractivity contribution in [1.29, 1.82) is 0 Å². The van der Waals surface area contributed by atoms with Crippen molar-refractivity contribution in [2.24, 2.45) is 0 Å². The molecule has 0 aliphatic carbocycles. The first-order chi connectivity index (χ1) is 7.65. The average molecular weight is 222 g/mol. The summed E-state index contributed by atoms with van der Waals surface area (Å²) in [5, 5.41) is 9.50. The first-order valence-corrected chi connectivity index (χ1v) is 4.81. The van der Waals surface area contributed by atoms with E-state index in [0.717, 1.165) is 0 Å². The molecule has 0 spiro atoms. The van der Waals surface area contributed by atoms with E-state index in [1.54, 1.807) is 25.1 Å². The second kappa shape index (κ2) is 5.65. The fourth-order valence-electron chi connectivity index (χ4n) is 1.09. The molecule has 0 unspecified atom stereocenters. The van der Waals surface area contributed by atoms with Gasteiger partial charge in [-0.15, -0.1) is 0 Å². The van der Waals surface area contributed by atoms with Crippen LogP contribution in [0, 0.1) is 0 Å². The summed E-state index contributed by atoms with van der Waals surface area (Å²) in [6.07, 6.45) is -0.598. The third-order valence-corrected chi connectivity index (χ3v) is 1.82. The molecule has 16 heavy (non-hydrogen) atoms. The average Bonchev–Trinajstić information content (AvgIpc) is 2.27. The maximum Gasteiger partial charge on any atom is 0.425 e. The highest BCUT2D eigenvalue weighted by molar-refractivity contribution is 5.71. The van der Waals surface area contributed by atoms with E-state index in [-0.39, 0.29) is 12.4 Å². The minimum Gasteiger partial charge on any atom is -0.507 e. The number of amides is 1. The zero-order chi connectivity index (χ0) is 12.0. The van der Waals surface area contributed by atoms with Gasteiger partial charge < -0.3 is 9.84 Å². The molecule has 1 aromatic carbocycles. The number of rotatable bonds is 4. The molecule has 5 heteroatoms. The third-order valence-electron chi connectivity index (χ3n) is 1.82. The predicted octanol–water partition coefficient (Wildman–Crippen LogP) is 1.61. The molecule has 0 fully saturated rings. The molecule has 0 saturated carbocycles. The van der Waals surface area contributed by atoms with Crippen LogP contribution in [0.5, 0.6) is 5.75 Å². The van der Waals surface area contributed by atoms with Crippen LogP contribution in [0.3, 0.4) is 0 Å². The Kier molecular flexibility index (Phi) is 4.20. The standard InChI is InChI=1S/C11H14N2O3/c1-3-16-11(15)13-12-8(2)9-6-4-5-7-10(9)14/h4-7,12,14H,2-3H2,1H3,(H,13,15). The van der Waals surface area contributed by atoms with Crippen LogP contribution in [0.4, 0.5) is 4.79 Å². The summed E-state index contributed by atoms with van der Waals surface area (Å²) in [4.78, 5) is 11.0. The highest BCUT2D eigenvalue weighted by Crippen LogP contribution is 2.20. The van der Waals surface area contributed by atoms with Gasteiger partial charge in [-0.3, -0.25) is 5.43 Å². The van der Waals surface area contributed by atoms with Crippen LogP contribution in [0.1, 0.15) is 12.5 Å². The number of benzene rings is 1. The van der Waals surface area contributed by atoms with Gasteiger partial charge in [0, 0.05) is 5.56 Å². The van der Waals surface area contributed by atoms with Gasteiger partial charge in [-0.2, -0.15) is 0 Å². The number of phenols is 1. The molecule has 1 rings (SSSR count). The Labute approximate surface area is 93.7 Å². The Hall–Kier alpha value is -2.17. The number of carbonyl (C=O) groups excluding carboxylic acids is 1. The molecule has 86 valence electrons. The Morgan fingerprint density at radius 3 is 2.75 bits per heavy atom. The number of phenolic OH excluding ortho intramolecular Hbond substituents is 1. The SMILES string of the molecule is C=C(NNC(=O)OCC)c1ccccc1O. The third kappa shape index (κ3) is 3.20. The highest BCUT2D eigenvalue weighted by atomic mass is 16.5. The summed E-state index contributed by atoms with van der Waals surface area (Å²) in [6, 6.07) is 6.67. The first-order valence-electron chi connectivity index (χ1n) is 4.81. The number of aromatic hydroxyl groups is 1. The molecule has 0 heterocycles. The monoisotopic (exact) mass is 222 g/mol. The summed E-state index contributed by atoms with van der Waals surface area (Å²) < 4.78 is 4.64. The molecule has 0 saturated heterocycles. The molecule has 5 nitrogen and oxygen atoms in total. The van der Waals surface area contributed by atoms with Gasteiger partial charge in [0.1, 0.15) is 5.75 Å². The number of hydrogen-bond acceptors (Lipinski definition) is 4. The van der Waals surface area contributed by atoms with Crippen molar-refractivity contribution in [2.75, 3.05) is 6.61 Å². The summed E-state index contributed by atoms with van der Waals surface area (Å²) in [5.74, 6) is 0.0886. The first kappa shape index (κ1) is 11.9. The van der Waals surface area contributed by atoms with Crippen LogP contribution >= 0.6 is 0 Å². The van der Waals surface area contributed by atoms with Gasteiger partial charge in [-0.05, 0) is 19.1 Å². The molecule has 0 radical (unpaired) electrons. The molecule has 0 atom stereocenters. The van der Waals surface area contributed by atoms with Crippen molar-refractivity contribution in [3.05, 3.63) is 36.4 Å². The number of hydrazine groups is 1. The molecular formula is C11H14N2O3. The number of nitrogens with one attached hydrogen (secondary N) is 2. The van der Waals surface area contributed by atoms with Gasteiger partial charge in [0.25, 0.3) is 0 Å². The molecule has 0 aliphatic rings. The molecule has 1 aromatic rings. The number of para-hydroxylation sites is 1. The fourth-order valence-corrected chi connectivity index (χ4v) is 1.09. The highest BCUT2D eigenvalue weighted by Gasteiger charge is 2.05. The Morgan fingerprint density at radius 1 is 1.44 bits per heavy atom. The van der Waals surface area contributed by atoms with Crippen LogP contribution in [0.15, 0.2) is 30.8 Å². The fraction of sp³-hybridized carbons (Fsp3) is 0.182. The van der Waals surface area contributed by atoms with Gasteiger partial charge in [0.05, 0.1) is 12.3 Å². The van der Waals surface area contributed by atoms with Crippen LogP contribution in [0.2, 0.25) is 0 Å². The number of carbonyl (C=O) groups is 1. The summed E-state index contributed by atoms with van der Waals surface area (Å²) in [5.41, 5.74) is 5.73. The summed E-state index contributed by atoms with van der Waals surface area (Å²) >= 11 is 0. The van der Waals surface area contributed by atoms with Crippen molar-refractivity contribution < 1.29 is 14.6 Å². The lowest BCUT2D eigenvalue weighted by Crippen LogP contribution is -2.36. The Bertz CT molecular complexity index is 391. The van der Waals surface area contributed by atoms with Crippen LogP contribution in [-0.4, -0.2) is 17.8 Å². The normalized spacial score (nSPS) is 9.31. The summed E-state index contributed by atoms with van der Waals surface area (Å²) in [6.45, 7) is 5.67. The minimum absolute atomic E-state index is 0.0886. The largest absolute Gasteiger partial charge is 0.507 e. The van der Waals surface area contributed by atoms with E-state index in [2.05, 4.69) is 22.2 Å². The van der Waals surface area contributed by atoms with Crippen molar-refractivity contribution in [3.63, 3.8) is 0 Å². The molecule has 0 bridgehead atoms. The maximum atomic E-state index is 11.0. The number of hydrogen-bond donors (Lipinski definition) is 3. The van der Waals surface area contributed by atoms with Crippen molar-refractivity contribution in [3.8, 4) is 5.75 Å². The lowest BCUT2D eigenvalue weighted by molar-refractivity contribution is 0.149. The molecular weight excluding hydrogens is 208 g/mol. The zero-order valence-corrected chi connectivity index (χ0v) is 8.99. The van der Waals surface area contributed by atoms with Gasteiger partial charge in [-0.1, -0.05) is 18.7 Å². The molecule has 1 amide bonds. The Balaban J connectivity index is 2.54. The molecule has 3 N–H and O–H groups in total. The molecule has 0 aliphatic heterocycles. The summed E-state index contributed by atoms with van der Waals surface area (Å²) in [7, 11) is 0. The topological polar surface area (TPSA) is 70.6 Å². The Morgan fingerprint density at radius 2 is 2.12 bits per heavy atom. The second-order valence-electron chi connectivity index (χ2n) is 2.97. The van der Waals surface area contributed by atoms with Crippen molar-refractivity contribution >= 4 is 11.8 Å². The van der Waals surface area contributed by atoms with E-state index in [1.165, 1.54) is 6.07 Å². The van der Waals surface area contributed by atoms with Crippen molar-refractivity contribution in [2.45, 2.75) is 6.92 Å². The quantitative estimate of drug-likeness (QED) is 0.677. The maximum absolute atomic E-state index is 11.0. The van der Waals surface area contributed by atoms with E-state index in [9.17, 15) is 9.90 Å². The van der Waals surface area contributed by atoms with E-state index in [0.29, 0.717) is 11.3 Å². The van der Waals surface area contributed by atoms with Crippen LogP contribution < -0.4 is 10.9 Å². The molecule has 0 aromatic heterocycles. The van der Waals surface area contributed by atoms with Crippen molar-refractivity contribution in [1.82, 2.24) is 10.9 Å². The van der Waals surface area contributed by atoms with E-state index >= 15 is 0 Å². The van der Waals surface area contributed by atoms with Gasteiger partial charge in [0.2, 0.25) is 0 Å². The van der Waals surface area contributed by atoms with Gasteiger partial charge in [0.15, 0.2) is 0 Å². The predicted molar refractivity (Wildman–Crippen MR) is 60.4 cm³/mol.